The van der Waals surface area contributed by atoms with E-state index in [1.165, 1.54) is 6.07 Å². The highest BCUT2D eigenvalue weighted by Gasteiger charge is 2.45. The van der Waals surface area contributed by atoms with Crippen LogP contribution < -0.4 is 9.88 Å². The zero-order valence-corrected chi connectivity index (χ0v) is 14.7. The summed E-state index contributed by atoms with van der Waals surface area (Å²) in [6, 6.07) is 9.34. The zero-order valence-electron chi connectivity index (χ0n) is 12.3. The number of piperidine rings is 1. The Labute approximate surface area is 151 Å². The van der Waals surface area contributed by atoms with Gasteiger partial charge in [-0.2, -0.15) is 4.57 Å². The first kappa shape index (κ1) is 16.6. The molecule has 1 aromatic heterocycles. The monoisotopic (exact) mass is 404 g/mol. The third-order valence-electron chi connectivity index (χ3n) is 3.87. The van der Waals surface area contributed by atoms with Crippen LogP contribution in [0.2, 0.25) is 0 Å². The predicted molar refractivity (Wildman–Crippen MR) is 94.5 cm³/mol. The Morgan fingerprint density at radius 3 is 2.62 bits per heavy atom. The molecule has 1 aliphatic heterocycles. The van der Waals surface area contributed by atoms with Gasteiger partial charge < -0.3 is 5.32 Å². The zero-order chi connectivity index (χ0) is 17.3. The lowest BCUT2D eigenvalue weighted by molar-refractivity contribution is -0.711. The highest BCUT2D eigenvalue weighted by Crippen LogP contribution is 2.36. The van der Waals surface area contributed by atoms with Crippen LogP contribution in [0.3, 0.4) is 0 Å². The molecule has 1 fully saturated rings. The van der Waals surface area contributed by atoms with Gasteiger partial charge in [0.25, 0.3) is 5.91 Å². The Morgan fingerprint density at radius 1 is 1.29 bits per heavy atom. The molecule has 0 radical (unpaired) electrons. The molecule has 0 spiro atoms. The lowest BCUT2D eigenvalue weighted by atomic mass is 9.82. The number of thiocarbonyl (C=S) groups is 1. The summed E-state index contributed by atoms with van der Waals surface area (Å²) < 4.78 is 15.6. The van der Waals surface area contributed by atoms with E-state index in [4.69, 9.17) is 17.6 Å². The van der Waals surface area contributed by atoms with Crippen molar-refractivity contribution in [1.29, 1.82) is 5.41 Å². The quantitative estimate of drug-likeness (QED) is 0.350. The Hall–Kier alpha value is -2.21. The molecule has 120 valence electrons. The van der Waals surface area contributed by atoms with Gasteiger partial charge in [0, 0.05) is 12.1 Å². The lowest BCUT2D eigenvalue weighted by Gasteiger charge is -2.29. The van der Waals surface area contributed by atoms with E-state index in [1.54, 1.807) is 29.1 Å². The number of amides is 1. The number of rotatable bonds is 2. The number of aromatic nitrogens is 1. The van der Waals surface area contributed by atoms with Crippen LogP contribution in [-0.4, -0.2) is 16.8 Å². The van der Waals surface area contributed by atoms with Crippen molar-refractivity contribution < 1.29 is 13.8 Å². The van der Waals surface area contributed by atoms with Gasteiger partial charge in [-0.1, -0.05) is 24.4 Å². The van der Waals surface area contributed by atoms with E-state index in [0.717, 1.165) is 0 Å². The minimum atomic E-state index is -0.650. The number of nitrogens with zero attached hydrogens (tertiary/aromatic N) is 1. The van der Waals surface area contributed by atoms with Gasteiger partial charge in [-0.05, 0) is 39.5 Å². The van der Waals surface area contributed by atoms with E-state index in [9.17, 15) is 9.18 Å². The van der Waals surface area contributed by atoms with Crippen molar-refractivity contribution in [2.24, 2.45) is 0 Å². The maximum Gasteiger partial charge on any atom is 0.295 e. The molecular weight excluding hydrogens is 393 g/mol. The van der Waals surface area contributed by atoms with Gasteiger partial charge >= 0.3 is 0 Å². The van der Waals surface area contributed by atoms with E-state index in [1.807, 2.05) is 18.2 Å². The number of nitrogens with one attached hydrogen (secondary N) is 2. The summed E-state index contributed by atoms with van der Waals surface area (Å²) in [5.41, 5.74) is 1.07. The summed E-state index contributed by atoms with van der Waals surface area (Å²) in [6.07, 6.45) is 3.54. The van der Waals surface area contributed by atoms with Crippen molar-refractivity contribution in [2.45, 2.75) is 12.0 Å². The van der Waals surface area contributed by atoms with Crippen LogP contribution >= 0.6 is 28.1 Å². The van der Waals surface area contributed by atoms with Crippen molar-refractivity contribution in [3.05, 3.63) is 70.2 Å². The van der Waals surface area contributed by atoms with Crippen molar-refractivity contribution >= 4 is 44.9 Å². The summed E-state index contributed by atoms with van der Waals surface area (Å²) in [5, 5.41) is 10.2. The fraction of sp³-hybridized carbons (Fsp3) is 0.118. The van der Waals surface area contributed by atoms with Crippen LogP contribution in [0.1, 0.15) is 17.5 Å². The summed E-state index contributed by atoms with van der Waals surface area (Å²) in [7, 11) is 0. The van der Waals surface area contributed by atoms with E-state index in [2.05, 4.69) is 27.1 Å². The maximum atomic E-state index is 13.6. The van der Waals surface area contributed by atoms with Gasteiger partial charge in [0.15, 0.2) is 12.4 Å². The molecule has 2 unspecified atom stereocenters. The largest absolute Gasteiger partial charge is 0.310 e. The molecule has 0 aliphatic carbocycles. The van der Waals surface area contributed by atoms with Crippen molar-refractivity contribution in [3.8, 4) is 0 Å². The molecule has 24 heavy (non-hydrogen) atoms. The Balaban J connectivity index is 2.20. The average Bonchev–Trinajstić information content (AvgIpc) is 2.57. The summed E-state index contributed by atoms with van der Waals surface area (Å²) in [4.78, 5) is 12.8. The normalized spacial score (nSPS) is 20.5. The van der Waals surface area contributed by atoms with Gasteiger partial charge in [0.1, 0.15) is 10.8 Å². The molecule has 0 saturated carbocycles. The molecule has 4 nitrogen and oxygen atoms in total. The van der Waals surface area contributed by atoms with Crippen molar-refractivity contribution in [2.75, 3.05) is 0 Å². The molecule has 1 saturated heterocycles. The fourth-order valence-electron chi connectivity index (χ4n) is 2.80. The number of pyridine rings is 1. The first-order chi connectivity index (χ1) is 11.5. The van der Waals surface area contributed by atoms with E-state index in [0.29, 0.717) is 11.1 Å². The summed E-state index contributed by atoms with van der Waals surface area (Å²) >= 11 is 8.36. The third-order valence-corrected chi connectivity index (χ3v) is 4.80. The highest BCUT2D eigenvalue weighted by molar-refractivity contribution is 9.10. The van der Waals surface area contributed by atoms with E-state index in [-0.39, 0.29) is 15.4 Å². The van der Waals surface area contributed by atoms with Gasteiger partial charge in [-0.15, -0.1) is 0 Å². The first-order valence-electron chi connectivity index (χ1n) is 7.08. The topological polar surface area (TPSA) is 56.8 Å². The first-order valence-corrected chi connectivity index (χ1v) is 8.28. The highest BCUT2D eigenvalue weighted by atomic mass is 79.9. The molecule has 7 heteroatoms. The summed E-state index contributed by atoms with van der Waals surface area (Å²) in [6.45, 7) is 0. The molecule has 0 bridgehead atoms. The van der Waals surface area contributed by atoms with Gasteiger partial charge in [0.2, 0.25) is 6.04 Å². The van der Waals surface area contributed by atoms with Crippen LogP contribution in [0, 0.1) is 11.2 Å². The van der Waals surface area contributed by atoms with Crippen LogP contribution in [0.15, 0.2) is 58.8 Å². The molecule has 2 N–H and O–H groups in total. The van der Waals surface area contributed by atoms with Crippen molar-refractivity contribution in [1.82, 2.24) is 5.32 Å². The number of carbonyl (C=O) groups is 1. The second-order valence-electron chi connectivity index (χ2n) is 5.28. The number of hydrogen-bond donors (Lipinski definition) is 2. The lowest BCUT2D eigenvalue weighted by Crippen LogP contribution is -2.56. The van der Waals surface area contributed by atoms with Gasteiger partial charge in [-0.25, -0.2) is 4.39 Å². The minimum Gasteiger partial charge on any atom is -0.310 e. The Morgan fingerprint density at radius 2 is 2.00 bits per heavy atom. The van der Waals surface area contributed by atoms with Crippen LogP contribution in [-0.2, 0) is 4.79 Å². The molecule has 2 heterocycles. The van der Waals surface area contributed by atoms with Crippen LogP contribution in [0.5, 0.6) is 0 Å². The molecule has 2 aromatic rings. The predicted octanol–water partition coefficient (Wildman–Crippen LogP) is 2.83. The molecular formula is C17H12BrFN3OS+. The fourth-order valence-corrected chi connectivity index (χ4v) is 3.47. The number of halogens is 2. The minimum absolute atomic E-state index is 0.174. The second-order valence-corrected chi connectivity index (χ2v) is 6.54. The number of carbonyl (C=O) groups excluding carboxylic acids is 1. The van der Waals surface area contributed by atoms with E-state index >= 15 is 0 Å². The number of benzene rings is 1. The molecule has 1 aromatic carbocycles. The second kappa shape index (κ2) is 6.73. The Kier molecular flexibility index (Phi) is 4.66. The molecule has 1 amide bonds. The maximum absolute atomic E-state index is 13.6. The van der Waals surface area contributed by atoms with E-state index < -0.39 is 17.8 Å². The van der Waals surface area contributed by atoms with Crippen molar-refractivity contribution in [3.63, 3.8) is 0 Å². The molecule has 3 rings (SSSR count). The SMILES string of the molecule is N=C=C1C(=S)NC(=O)C([n+]2ccccc2)C1c1ccc(F)c(Br)c1. The molecule has 1 aliphatic rings. The van der Waals surface area contributed by atoms with Gasteiger partial charge in [0.05, 0.1) is 16.0 Å². The summed E-state index contributed by atoms with van der Waals surface area (Å²) in [5.74, 6) is 1.14. The van der Waals surface area contributed by atoms with Gasteiger partial charge in [-0.3, -0.25) is 10.2 Å². The molecule has 2 atom stereocenters. The third kappa shape index (κ3) is 2.94. The van der Waals surface area contributed by atoms with Crippen LogP contribution in [0.25, 0.3) is 0 Å². The average molecular weight is 405 g/mol. The standard InChI is InChI=1S/C17H11BrFN3OS/c18-12-8-10(4-5-13(12)19)14-11(9-20)17(24)21-16(23)15(14)22-6-2-1-3-7-22/h1-8,14-15,20H/p+1. The van der Waals surface area contributed by atoms with Crippen LogP contribution in [0.4, 0.5) is 4.39 Å². The number of hydrogen-bond acceptors (Lipinski definition) is 3. The Bertz CT molecular complexity index is 881. The smallest absolute Gasteiger partial charge is 0.295 e.